The lowest BCUT2D eigenvalue weighted by molar-refractivity contribution is 0.311. The van der Waals surface area contributed by atoms with E-state index in [0.717, 1.165) is 0 Å². The van der Waals surface area contributed by atoms with Crippen LogP contribution in [0.25, 0.3) is 0 Å². The molecule has 2 aromatic rings. The summed E-state index contributed by atoms with van der Waals surface area (Å²) in [6.45, 7) is 0.340. The Bertz CT molecular complexity index is 752. The van der Waals surface area contributed by atoms with Gasteiger partial charge in [-0.1, -0.05) is 0 Å². The van der Waals surface area contributed by atoms with Crippen molar-refractivity contribution in [2.24, 2.45) is 5.14 Å². The number of nitrogens with one attached hydrogen (secondary N) is 2. The summed E-state index contributed by atoms with van der Waals surface area (Å²) in [6.07, 6.45) is 1.56. The lowest BCUT2D eigenvalue weighted by Crippen LogP contribution is -2.12. The molecule has 0 amide bonds. The van der Waals surface area contributed by atoms with Crippen LogP contribution in [0.2, 0.25) is 0 Å². The van der Waals surface area contributed by atoms with Gasteiger partial charge in [0, 0.05) is 18.4 Å². The predicted molar refractivity (Wildman–Crippen MR) is 86.4 cm³/mol. The molecule has 0 saturated heterocycles. The maximum Gasteiger partial charge on any atom is 0.238 e. The minimum atomic E-state index is -3.71. The quantitative estimate of drug-likeness (QED) is 0.582. The fraction of sp³-hybridized carbons (Fsp3) is 0.167. The van der Waals surface area contributed by atoms with Crippen molar-refractivity contribution >= 4 is 43.4 Å². The number of aromatic nitrogens is 2. The Labute approximate surface area is 136 Å². The summed E-state index contributed by atoms with van der Waals surface area (Å²) in [5.74, 6) is 0.861. The number of hydrogen-bond donors (Lipinski definition) is 4. The van der Waals surface area contributed by atoms with Crippen LogP contribution in [0.3, 0.4) is 0 Å². The zero-order valence-electron chi connectivity index (χ0n) is 11.3. The van der Waals surface area contributed by atoms with E-state index in [0.29, 0.717) is 28.5 Å². The number of nitrogens with two attached hydrogens (primary N) is 1. The average molecular weight is 388 g/mol. The molecular formula is C12H14BrN5O3S. The Morgan fingerprint density at radius 1 is 1.27 bits per heavy atom. The fourth-order valence-corrected chi connectivity index (χ4v) is 2.43. The summed E-state index contributed by atoms with van der Waals surface area (Å²) in [5, 5.41) is 19.7. The van der Waals surface area contributed by atoms with E-state index in [1.807, 2.05) is 0 Å². The average Bonchev–Trinajstić information content (AvgIpc) is 2.47. The van der Waals surface area contributed by atoms with Gasteiger partial charge in [0.1, 0.15) is 5.82 Å². The van der Waals surface area contributed by atoms with Gasteiger partial charge in [0.05, 0.1) is 16.0 Å². The molecule has 2 rings (SSSR count). The third kappa shape index (κ3) is 4.37. The fourth-order valence-electron chi connectivity index (χ4n) is 1.58. The van der Waals surface area contributed by atoms with Crippen molar-refractivity contribution in [3.05, 3.63) is 34.9 Å². The predicted octanol–water partition coefficient (Wildman–Crippen LogP) is 1.03. The molecule has 0 bridgehead atoms. The van der Waals surface area contributed by atoms with Crippen LogP contribution in [0.5, 0.6) is 0 Å². The zero-order valence-corrected chi connectivity index (χ0v) is 13.7. The van der Waals surface area contributed by atoms with Crippen LogP contribution in [0, 0.1) is 0 Å². The van der Waals surface area contributed by atoms with Gasteiger partial charge in [-0.05, 0) is 40.2 Å². The molecule has 0 fully saturated rings. The first-order valence-electron chi connectivity index (χ1n) is 6.17. The van der Waals surface area contributed by atoms with Crippen LogP contribution >= 0.6 is 15.9 Å². The molecule has 0 aliphatic heterocycles. The van der Waals surface area contributed by atoms with Crippen molar-refractivity contribution in [1.82, 2.24) is 9.97 Å². The van der Waals surface area contributed by atoms with Crippen molar-refractivity contribution in [3.8, 4) is 0 Å². The molecular weight excluding hydrogens is 374 g/mol. The maximum atomic E-state index is 11.2. The molecule has 0 spiro atoms. The van der Waals surface area contributed by atoms with E-state index in [4.69, 9.17) is 10.2 Å². The smallest absolute Gasteiger partial charge is 0.238 e. The molecule has 0 unspecified atom stereocenters. The Balaban J connectivity index is 2.16. The number of hydrogen-bond acceptors (Lipinski definition) is 7. The van der Waals surface area contributed by atoms with E-state index in [-0.39, 0.29) is 11.5 Å². The largest absolute Gasteiger partial charge is 0.395 e. The van der Waals surface area contributed by atoms with Gasteiger partial charge in [0.2, 0.25) is 16.0 Å². The first kappa shape index (κ1) is 16.6. The maximum absolute atomic E-state index is 11.2. The van der Waals surface area contributed by atoms with Crippen LogP contribution in [0.4, 0.5) is 17.5 Å². The van der Waals surface area contributed by atoms with E-state index in [1.165, 1.54) is 12.1 Å². The van der Waals surface area contributed by atoms with Crippen LogP contribution in [-0.4, -0.2) is 36.6 Å². The second kappa shape index (κ2) is 7.01. The number of rotatable bonds is 6. The van der Waals surface area contributed by atoms with Crippen LogP contribution in [0.1, 0.15) is 0 Å². The van der Waals surface area contributed by atoms with Crippen molar-refractivity contribution in [2.75, 3.05) is 23.8 Å². The van der Waals surface area contributed by atoms with Gasteiger partial charge in [-0.25, -0.2) is 18.5 Å². The first-order chi connectivity index (χ1) is 10.4. The van der Waals surface area contributed by atoms with E-state index < -0.39 is 10.0 Å². The second-order valence-electron chi connectivity index (χ2n) is 4.23. The standard InChI is InChI=1S/C12H14BrN5O3S/c13-10-7-16-12(18-11(10)15-5-6-19)17-8-1-3-9(4-2-8)22(14,20)21/h1-4,7,19H,5-6H2,(H2,14,20,21)(H2,15,16,17,18). The summed E-state index contributed by atoms with van der Waals surface area (Å²) < 4.78 is 23.0. The SMILES string of the molecule is NS(=O)(=O)c1ccc(Nc2ncc(Br)c(NCCO)n2)cc1. The summed E-state index contributed by atoms with van der Waals surface area (Å²) in [6, 6.07) is 5.90. The summed E-state index contributed by atoms with van der Waals surface area (Å²) in [4.78, 5) is 8.37. The van der Waals surface area contributed by atoms with E-state index in [9.17, 15) is 8.42 Å². The molecule has 1 aromatic heterocycles. The molecule has 22 heavy (non-hydrogen) atoms. The number of benzene rings is 1. The Morgan fingerprint density at radius 2 is 1.95 bits per heavy atom. The van der Waals surface area contributed by atoms with E-state index >= 15 is 0 Å². The van der Waals surface area contributed by atoms with Crippen LogP contribution in [0.15, 0.2) is 39.8 Å². The second-order valence-corrected chi connectivity index (χ2v) is 6.65. The normalized spacial score (nSPS) is 11.2. The summed E-state index contributed by atoms with van der Waals surface area (Å²) >= 11 is 3.30. The van der Waals surface area contributed by atoms with Gasteiger partial charge < -0.3 is 15.7 Å². The topological polar surface area (TPSA) is 130 Å². The molecule has 0 aliphatic carbocycles. The summed E-state index contributed by atoms with van der Waals surface area (Å²) in [5.41, 5.74) is 0.614. The van der Waals surface area contributed by atoms with Crippen LogP contribution in [-0.2, 0) is 10.0 Å². The number of aliphatic hydroxyl groups excluding tert-OH is 1. The van der Waals surface area contributed by atoms with E-state index in [1.54, 1.807) is 18.3 Å². The number of aliphatic hydroxyl groups is 1. The van der Waals surface area contributed by atoms with Gasteiger partial charge in [-0.2, -0.15) is 4.98 Å². The molecule has 0 radical (unpaired) electrons. The first-order valence-corrected chi connectivity index (χ1v) is 8.51. The minimum absolute atomic E-state index is 0.0196. The summed E-state index contributed by atoms with van der Waals surface area (Å²) in [7, 11) is -3.71. The molecule has 10 heteroatoms. The van der Waals surface area contributed by atoms with Crippen molar-refractivity contribution in [3.63, 3.8) is 0 Å². The lowest BCUT2D eigenvalue weighted by atomic mass is 10.3. The number of sulfonamides is 1. The number of primary sulfonamides is 1. The van der Waals surface area contributed by atoms with E-state index in [2.05, 4.69) is 36.5 Å². The van der Waals surface area contributed by atoms with Gasteiger partial charge in [-0.3, -0.25) is 0 Å². The highest BCUT2D eigenvalue weighted by molar-refractivity contribution is 9.10. The highest BCUT2D eigenvalue weighted by atomic mass is 79.9. The lowest BCUT2D eigenvalue weighted by Gasteiger charge is -2.09. The molecule has 1 heterocycles. The third-order valence-corrected chi connectivity index (χ3v) is 4.10. The monoisotopic (exact) mass is 387 g/mol. The Hall–Kier alpha value is -1.75. The highest BCUT2D eigenvalue weighted by Crippen LogP contribution is 2.22. The van der Waals surface area contributed by atoms with Crippen LogP contribution < -0.4 is 15.8 Å². The zero-order chi connectivity index (χ0) is 16.2. The number of nitrogens with zero attached hydrogens (tertiary/aromatic N) is 2. The van der Waals surface area contributed by atoms with Crippen molar-refractivity contribution < 1.29 is 13.5 Å². The number of halogens is 1. The number of anilines is 3. The highest BCUT2D eigenvalue weighted by Gasteiger charge is 2.08. The minimum Gasteiger partial charge on any atom is -0.395 e. The Kier molecular flexibility index (Phi) is 5.29. The van der Waals surface area contributed by atoms with Gasteiger partial charge >= 0.3 is 0 Å². The third-order valence-electron chi connectivity index (χ3n) is 2.59. The molecule has 0 atom stereocenters. The van der Waals surface area contributed by atoms with Crippen molar-refractivity contribution in [1.29, 1.82) is 0 Å². The molecule has 1 aromatic carbocycles. The van der Waals surface area contributed by atoms with Gasteiger partial charge in [0.25, 0.3) is 0 Å². The molecule has 118 valence electrons. The van der Waals surface area contributed by atoms with Gasteiger partial charge in [0.15, 0.2) is 0 Å². The van der Waals surface area contributed by atoms with Crippen molar-refractivity contribution in [2.45, 2.75) is 4.90 Å². The molecule has 0 saturated carbocycles. The Morgan fingerprint density at radius 3 is 2.55 bits per heavy atom. The van der Waals surface area contributed by atoms with Gasteiger partial charge in [-0.15, -0.1) is 0 Å². The molecule has 8 nitrogen and oxygen atoms in total. The molecule has 0 aliphatic rings. The molecule has 5 N–H and O–H groups in total.